The molecule has 0 fully saturated rings. The Morgan fingerprint density at radius 1 is 0.792 bits per heavy atom. The van der Waals surface area contributed by atoms with Gasteiger partial charge < -0.3 is 5.32 Å². The summed E-state index contributed by atoms with van der Waals surface area (Å²) in [6.45, 7) is 6.36. The number of nitrogens with zero attached hydrogens (tertiary/aromatic N) is 1. The van der Waals surface area contributed by atoms with Gasteiger partial charge in [-0.25, -0.2) is 0 Å². The van der Waals surface area contributed by atoms with Crippen LogP contribution in [0.4, 0.5) is 11.4 Å². The van der Waals surface area contributed by atoms with E-state index >= 15 is 0 Å². The molecule has 3 rings (SSSR count). The zero-order valence-corrected chi connectivity index (χ0v) is 15.2. The molecule has 0 saturated heterocycles. The van der Waals surface area contributed by atoms with Crippen LogP contribution in [0.15, 0.2) is 60.7 Å². The van der Waals surface area contributed by atoms with Gasteiger partial charge in [-0.3, -0.25) is 0 Å². The Labute approximate surface area is 169 Å². The number of hydrogen-bond donors (Lipinski definition) is 0. The van der Waals surface area contributed by atoms with Crippen LogP contribution in [0.2, 0.25) is 0 Å². The maximum Gasteiger partial charge on any atom is 1.00 e. The van der Waals surface area contributed by atoms with Crippen molar-refractivity contribution in [2.45, 2.75) is 20.8 Å². The van der Waals surface area contributed by atoms with Crippen LogP contribution in [0.3, 0.4) is 0 Å². The predicted octanol–water partition coefficient (Wildman–Crippen LogP) is 0.424. The van der Waals surface area contributed by atoms with Crippen molar-refractivity contribution < 1.29 is 37.7 Å². The molecule has 0 saturated carbocycles. The summed E-state index contributed by atoms with van der Waals surface area (Å²) in [5.41, 5.74) is 7.94. The second-order valence-corrected chi connectivity index (χ2v) is 5.65. The molecule has 0 radical (unpaired) electrons. The van der Waals surface area contributed by atoms with E-state index in [1.54, 1.807) is 0 Å². The fraction of sp³-hybridized carbons (Fsp3) is 0.143. The van der Waals surface area contributed by atoms with Crippen LogP contribution >= 0.6 is 0 Å². The van der Waals surface area contributed by atoms with Crippen LogP contribution in [-0.2, 0) is 0 Å². The topological polar surface area (TPSA) is 14.1 Å². The second-order valence-electron chi connectivity index (χ2n) is 5.65. The Bertz CT molecular complexity index is 775. The molecule has 3 aromatic rings. The largest absolute Gasteiger partial charge is 1.00 e. The Morgan fingerprint density at radius 3 is 2.04 bits per heavy atom. The van der Waals surface area contributed by atoms with Crippen molar-refractivity contribution in [1.29, 1.82) is 0 Å². The van der Waals surface area contributed by atoms with E-state index in [1.165, 1.54) is 16.7 Å². The first kappa shape index (κ1) is 20.7. The van der Waals surface area contributed by atoms with Gasteiger partial charge in [-0.1, -0.05) is 53.1 Å². The molecule has 0 aromatic heterocycles. The fourth-order valence-electron chi connectivity index (χ4n) is 2.83. The van der Waals surface area contributed by atoms with Crippen LogP contribution in [0, 0.1) is 26.8 Å². The molecule has 3 heteroatoms. The van der Waals surface area contributed by atoms with Gasteiger partial charge in [-0.05, 0) is 20.8 Å². The quantitative estimate of drug-likeness (QED) is 0.492. The van der Waals surface area contributed by atoms with Crippen molar-refractivity contribution in [2.24, 2.45) is 0 Å². The molecule has 24 heavy (non-hydrogen) atoms. The van der Waals surface area contributed by atoms with Gasteiger partial charge in [0, 0.05) is 0 Å². The Morgan fingerprint density at radius 2 is 1.42 bits per heavy atom. The van der Waals surface area contributed by atoms with Crippen LogP contribution in [0.1, 0.15) is 16.7 Å². The zero-order valence-electron chi connectivity index (χ0n) is 15.2. The average Bonchev–Trinajstić information content (AvgIpc) is 2.52. The van der Waals surface area contributed by atoms with Crippen LogP contribution in [0.25, 0.3) is 16.4 Å². The van der Waals surface area contributed by atoms with Crippen molar-refractivity contribution in [3.05, 3.63) is 88.7 Å². The molecule has 0 heterocycles. The van der Waals surface area contributed by atoms with E-state index in [4.69, 9.17) is 5.32 Å². The summed E-state index contributed by atoms with van der Waals surface area (Å²) >= 11 is 0. The van der Waals surface area contributed by atoms with Gasteiger partial charge in [0.05, 0.1) is 0 Å². The van der Waals surface area contributed by atoms with Crippen molar-refractivity contribution in [3.63, 3.8) is 0 Å². The molecule has 0 amide bonds. The first-order valence-corrected chi connectivity index (χ1v) is 7.51. The third kappa shape index (κ3) is 4.60. The molecular weight excluding hydrogens is 280 g/mol. The van der Waals surface area contributed by atoms with Gasteiger partial charge >= 0.3 is 37.7 Å². The molecule has 0 aliphatic heterocycles. The van der Waals surface area contributed by atoms with E-state index in [1.807, 2.05) is 30.3 Å². The summed E-state index contributed by atoms with van der Waals surface area (Å²) in [4.78, 5) is 0. The summed E-state index contributed by atoms with van der Waals surface area (Å²) in [6.07, 6.45) is 0. The Kier molecular flexibility index (Phi) is 7.95. The average molecular weight is 299 g/mol. The molecule has 0 spiro atoms. The molecular formula is C21H19Li2N. The summed E-state index contributed by atoms with van der Waals surface area (Å²) < 4.78 is 0. The van der Waals surface area contributed by atoms with Gasteiger partial charge in [0.15, 0.2) is 0 Å². The summed E-state index contributed by atoms with van der Waals surface area (Å²) in [5.74, 6) is 0. The van der Waals surface area contributed by atoms with E-state index in [2.05, 4.69) is 57.2 Å². The normalized spacial score (nSPS) is 9.62. The van der Waals surface area contributed by atoms with Crippen molar-refractivity contribution >= 4 is 11.4 Å². The molecule has 0 unspecified atom stereocenters. The molecule has 0 bridgehead atoms. The molecule has 0 aliphatic carbocycles. The minimum Gasteiger partial charge on any atom is -0.665 e. The van der Waals surface area contributed by atoms with E-state index in [9.17, 15) is 0 Å². The maximum absolute atomic E-state index is 4.94. The van der Waals surface area contributed by atoms with E-state index < -0.39 is 0 Å². The minimum atomic E-state index is 0. The smallest absolute Gasteiger partial charge is 0.665 e. The van der Waals surface area contributed by atoms with Crippen molar-refractivity contribution in [3.8, 4) is 11.1 Å². The number of para-hydroxylation sites is 1. The van der Waals surface area contributed by atoms with Gasteiger partial charge in [-0.2, -0.15) is 5.69 Å². The summed E-state index contributed by atoms with van der Waals surface area (Å²) in [7, 11) is 0. The van der Waals surface area contributed by atoms with Crippen molar-refractivity contribution in [1.82, 2.24) is 0 Å². The van der Waals surface area contributed by atoms with Gasteiger partial charge in [0.1, 0.15) is 0 Å². The van der Waals surface area contributed by atoms with Crippen LogP contribution in [0.5, 0.6) is 0 Å². The van der Waals surface area contributed by atoms with Gasteiger partial charge in [0.25, 0.3) is 0 Å². The first-order valence-electron chi connectivity index (χ1n) is 7.51. The second kappa shape index (κ2) is 9.22. The zero-order chi connectivity index (χ0) is 15.5. The molecule has 0 aliphatic rings. The Hall–Kier alpha value is -1.35. The monoisotopic (exact) mass is 299 g/mol. The van der Waals surface area contributed by atoms with Crippen LogP contribution in [-0.4, -0.2) is 0 Å². The fourth-order valence-corrected chi connectivity index (χ4v) is 2.83. The first-order chi connectivity index (χ1) is 10.6. The SMILES string of the molecule is Cc1cc(C)c([N-]c2ccccc2-c2[c-]cccc2)c(C)c1.[Li+].[Li+]. The molecule has 3 aromatic carbocycles. The molecule has 0 N–H and O–H groups in total. The van der Waals surface area contributed by atoms with E-state index in [0.29, 0.717) is 0 Å². The number of rotatable bonds is 3. The van der Waals surface area contributed by atoms with Crippen molar-refractivity contribution in [2.75, 3.05) is 0 Å². The van der Waals surface area contributed by atoms with Crippen LogP contribution < -0.4 is 37.7 Å². The van der Waals surface area contributed by atoms with E-state index in [-0.39, 0.29) is 37.7 Å². The molecule has 110 valence electrons. The minimum absolute atomic E-state index is 0. The number of aryl methyl sites for hydroxylation is 3. The predicted molar refractivity (Wildman–Crippen MR) is 94.0 cm³/mol. The summed E-state index contributed by atoms with van der Waals surface area (Å²) in [5, 5.41) is 4.94. The standard InChI is InChI=1S/C21H19N.2Li/c1-15-13-16(2)21(17(3)14-15)22-20-12-8-7-11-19(20)18-9-5-4-6-10-18;;/h4-9,11-14H,1-3H3;;/q-2;2*+1. The van der Waals surface area contributed by atoms with Gasteiger partial charge in [-0.15, -0.1) is 47.1 Å². The Balaban J connectivity index is 0.00000144. The third-order valence-electron chi connectivity index (χ3n) is 3.77. The van der Waals surface area contributed by atoms with E-state index in [0.717, 1.165) is 22.5 Å². The molecule has 0 atom stereocenters. The van der Waals surface area contributed by atoms with Gasteiger partial charge in [0.2, 0.25) is 0 Å². The third-order valence-corrected chi connectivity index (χ3v) is 3.77. The number of hydrogen-bond acceptors (Lipinski definition) is 0. The summed E-state index contributed by atoms with van der Waals surface area (Å²) in [6, 6.07) is 23.9. The molecule has 1 nitrogen and oxygen atoms in total. The number of benzene rings is 3. The maximum atomic E-state index is 4.94.